The second kappa shape index (κ2) is 2.59. The second-order valence-electron chi connectivity index (χ2n) is 4.75. The fourth-order valence-electron chi connectivity index (χ4n) is 2.98. The predicted octanol–water partition coefficient (Wildman–Crippen LogP) is 2.44. The maximum Gasteiger partial charge on any atom is 0.0246 e. The zero-order valence-electron chi connectivity index (χ0n) is 8.27. The van der Waals surface area contributed by atoms with Gasteiger partial charge in [0, 0.05) is 5.54 Å². The van der Waals surface area contributed by atoms with Gasteiger partial charge in [-0.15, -0.1) is 0 Å². The van der Waals surface area contributed by atoms with E-state index in [1.165, 1.54) is 37.7 Å². The van der Waals surface area contributed by atoms with Crippen molar-refractivity contribution in [3.8, 4) is 0 Å². The topological polar surface area (TPSA) is 3.24 Å². The van der Waals surface area contributed by atoms with Gasteiger partial charge in [-0.2, -0.15) is 0 Å². The Morgan fingerprint density at radius 3 is 2.83 bits per heavy atom. The van der Waals surface area contributed by atoms with Crippen molar-refractivity contribution in [1.29, 1.82) is 0 Å². The number of nitrogens with zero attached hydrogens (tertiary/aromatic N) is 1. The van der Waals surface area contributed by atoms with Gasteiger partial charge in [0.1, 0.15) is 0 Å². The van der Waals surface area contributed by atoms with E-state index >= 15 is 0 Å². The highest BCUT2D eigenvalue weighted by molar-refractivity contribution is 5.19. The molecule has 1 heteroatoms. The van der Waals surface area contributed by atoms with Crippen LogP contribution in [0, 0.1) is 5.92 Å². The Morgan fingerprint density at radius 1 is 1.50 bits per heavy atom. The molecule has 0 N–H and O–H groups in total. The van der Waals surface area contributed by atoms with E-state index in [1.54, 1.807) is 0 Å². The molecule has 2 aliphatic carbocycles. The van der Waals surface area contributed by atoms with Gasteiger partial charge in [0.15, 0.2) is 0 Å². The van der Waals surface area contributed by atoms with Gasteiger partial charge in [0.2, 0.25) is 0 Å². The zero-order valence-corrected chi connectivity index (χ0v) is 8.27. The molecule has 0 aromatic rings. The minimum absolute atomic E-state index is 0.500. The number of hydrogen-bond acceptors (Lipinski definition) is 1. The Morgan fingerprint density at radius 2 is 2.25 bits per heavy atom. The lowest BCUT2D eigenvalue weighted by Crippen LogP contribution is -2.43. The Hall–Kier alpha value is -0.300. The highest BCUT2D eigenvalue weighted by Crippen LogP contribution is 2.49. The van der Waals surface area contributed by atoms with Crippen LogP contribution in [-0.2, 0) is 0 Å². The highest BCUT2D eigenvalue weighted by Gasteiger charge is 2.45. The fourth-order valence-corrected chi connectivity index (χ4v) is 2.98. The van der Waals surface area contributed by atoms with Crippen LogP contribution in [0.2, 0.25) is 0 Å². The van der Waals surface area contributed by atoms with E-state index in [1.807, 2.05) is 0 Å². The summed E-state index contributed by atoms with van der Waals surface area (Å²) in [5.74, 6) is 0.848. The molecule has 0 aromatic carbocycles. The molecule has 2 unspecified atom stereocenters. The van der Waals surface area contributed by atoms with Crippen molar-refractivity contribution in [1.82, 2.24) is 4.90 Å². The van der Waals surface area contributed by atoms with Gasteiger partial charge in [0.25, 0.3) is 0 Å². The van der Waals surface area contributed by atoms with Crippen molar-refractivity contribution in [2.45, 2.75) is 37.6 Å². The highest BCUT2D eigenvalue weighted by atomic mass is 15.2. The molecule has 0 aromatic heterocycles. The normalized spacial score (nSPS) is 40.9. The summed E-state index contributed by atoms with van der Waals surface area (Å²) in [4.78, 5) is 2.43. The lowest BCUT2D eigenvalue weighted by molar-refractivity contribution is 0.117. The third kappa shape index (κ3) is 1.03. The van der Waals surface area contributed by atoms with E-state index in [2.05, 4.69) is 25.6 Å². The van der Waals surface area contributed by atoms with Crippen LogP contribution in [0.4, 0.5) is 0 Å². The quantitative estimate of drug-likeness (QED) is 0.539. The van der Waals surface area contributed by atoms with Crippen molar-refractivity contribution in [2.75, 3.05) is 14.1 Å². The third-order valence-corrected chi connectivity index (χ3v) is 3.90. The van der Waals surface area contributed by atoms with E-state index in [-0.39, 0.29) is 0 Å². The summed E-state index contributed by atoms with van der Waals surface area (Å²) in [5, 5.41) is 0. The third-order valence-electron chi connectivity index (χ3n) is 3.90. The van der Waals surface area contributed by atoms with Gasteiger partial charge in [-0.3, -0.25) is 0 Å². The van der Waals surface area contributed by atoms with Crippen molar-refractivity contribution in [3.63, 3.8) is 0 Å². The van der Waals surface area contributed by atoms with Crippen LogP contribution < -0.4 is 0 Å². The van der Waals surface area contributed by atoms with Gasteiger partial charge >= 0.3 is 0 Å². The summed E-state index contributed by atoms with van der Waals surface area (Å²) in [5.41, 5.74) is 2.02. The summed E-state index contributed by atoms with van der Waals surface area (Å²) in [6.07, 6.45) is 6.81. The van der Waals surface area contributed by atoms with Gasteiger partial charge < -0.3 is 4.90 Å². The van der Waals surface area contributed by atoms with E-state index in [4.69, 9.17) is 0 Å². The average molecular weight is 165 g/mol. The molecule has 0 aliphatic heterocycles. The monoisotopic (exact) mass is 165 g/mol. The summed E-state index contributed by atoms with van der Waals surface area (Å²) in [6, 6.07) is 0. The molecule has 0 amide bonds. The lowest BCUT2D eigenvalue weighted by atomic mass is 9.82. The molecule has 0 spiro atoms. The molecule has 2 saturated carbocycles. The average Bonchev–Trinajstić information content (AvgIpc) is 2.25. The molecule has 2 fully saturated rings. The Balaban J connectivity index is 2.23. The molecular weight excluding hydrogens is 146 g/mol. The maximum absolute atomic E-state index is 4.20. The Bertz CT molecular complexity index is 207. The Kier molecular flexibility index (Phi) is 1.80. The predicted molar refractivity (Wildman–Crippen MR) is 52.1 cm³/mol. The first-order valence-corrected chi connectivity index (χ1v) is 4.99. The van der Waals surface area contributed by atoms with E-state index < -0.39 is 0 Å². The molecule has 2 rings (SSSR count). The zero-order chi connectivity index (χ0) is 8.77. The first-order valence-electron chi connectivity index (χ1n) is 4.99. The summed E-state index contributed by atoms with van der Waals surface area (Å²) in [6.45, 7) is 4.20. The maximum atomic E-state index is 4.20. The molecule has 12 heavy (non-hydrogen) atoms. The number of rotatable bonds is 1. The lowest BCUT2D eigenvalue weighted by Gasteiger charge is -2.39. The Labute approximate surface area is 75.4 Å². The summed E-state index contributed by atoms with van der Waals surface area (Å²) in [7, 11) is 4.45. The number of fused-ring (bicyclic) bond motifs is 2. The fraction of sp³-hybridized carbons (Fsp3) is 0.818. The van der Waals surface area contributed by atoms with Gasteiger partial charge in [-0.05, 0) is 45.7 Å². The van der Waals surface area contributed by atoms with Crippen molar-refractivity contribution in [3.05, 3.63) is 12.2 Å². The SMILES string of the molecule is C=C1CC2(N(C)C)CCCC1C2. The van der Waals surface area contributed by atoms with Crippen LogP contribution in [0.1, 0.15) is 32.1 Å². The first kappa shape index (κ1) is 8.31. The van der Waals surface area contributed by atoms with Gasteiger partial charge in [0.05, 0.1) is 0 Å². The van der Waals surface area contributed by atoms with E-state index in [0.717, 1.165) is 5.92 Å². The minimum atomic E-state index is 0.500. The summed E-state index contributed by atoms with van der Waals surface area (Å²) >= 11 is 0. The molecule has 0 radical (unpaired) electrons. The summed E-state index contributed by atoms with van der Waals surface area (Å²) < 4.78 is 0. The molecule has 0 heterocycles. The molecule has 2 bridgehead atoms. The van der Waals surface area contributed by atoms with Crippen LogP contribution >= 0.6 is 0 Å². The van der Waals surface area contributed by atoms with E-state index in [9.17, 15) is 0 Å². The second-order valence-corrected chi connectivity index (χ2v) is 4.75. The molecule has 2 aliphatic rings. The molecule has 0 saturated heterocycles. The van der Waals surface area contributed by atoms with Gasteiger partial charge in [-0.25, -0.2) is 0 Å². The van der Waals surface area contributed by atoms with Crippen LogP contribution in [0.3, 0.4) is 0 Å². The van der Waals surface area contributed by atoms with Crippen molar-refractivity contribution >= 4 is 0 Å². The molecule has 1 nitrogen and oxygen atoms in total. The molecular formula is C11H19N. The van der Waals surface area contributed by atoms with Crippen LogP contribution in [0.5, 0.6) is 0 Å². The van der Waals surface area contributed by atoms with Crippen LogP contribution in [0.15, 0.2) is 12.2 Å². The van der Waals surface area contributed by atoms with Crippen LogP contribution in [-0.4, -0.2) is 24.5 Å². The minimum Gasteiger partial charge on any atom is -0.303 e. The molecule has 68 valence electrons. The smallest absolute Gasteiger partial charge is 0.0246 e. The van der Waals surface area contributed by atoms with Crippen molar-refractivity contribution < 1.29 is 0 Å². The largest absolute Gasteiger partial charge is 0.303 e. The molecule has 2 atom stereocenters. The standard InChI is InChI=1S/C11H19N/c1-9-7-11(12(2)3)6-4-5-10(9)8-11/h10H,1,4-8H2,2-3H3. The van der Waals surface area contributed by atoms with Gasteiger partial charge in [-0.1, -0.05) is 18.6 Å². The first-order chi connectivity index (χ1) is 5.64. The number of hydrogen-bond donors (Lipinski definition) is 0. The van der Waals surface area contributed by atoms with Crippen molar-refractivity contribution in [2.24, 2.45) is 5.92 Å². The van der Waals surface area contributed by atoms with E-state index in [0.29, 0.717) is 5.54 Å². The van der Waals surface area contributed by atoms with Crippen LogP contribution in [0.25, 0.3) is 0 Å².